The molecule has 1 heterocycles. The van der Waals surface area contributed by atoms with Gasteiger partial charge in [-0.1, -0.05) is 54.1 Å². The summed E-state index contributed by atoms with van der Waals surface area (Å²) in [7, 11) is 0. The normalized spacial score (nSPS) is 11.3. The Balaban J connectivity index is 1.97. The molecule has 0 fully saturated rings. The van der Waals surface area contributed by atoms with Gasteiger partial charge in [0, 0.05) is 17.0 Å². The lowest BCUT2D eigenvalue weighted by atomic mass is 10.1. The van der Waals surface area contributed by atoms with Crippen LogP contribution in [0, 0.1) is 0 Å². The van der Waals surface area contributed by atoms with Gasteiger partial charge in [0.05, 0.1) is 22.9 Å². The molecule has 0 atom stereocenters. The molecule has 0 aliphatic heterocycles. The largest absolute Gasteiger partial charge is 0.494 e. The van der Waals surface area contributed by atoms with Crippen LogP contribution in [0.5, 0.6) is 11.6 Å². The van der Waals surface area contributed by atoms with Crippen LogP contribution in [0.15, 0.2) is 82.6 Å². The van der Waals surface area contributed by atoms with Crippen LogP contribution >= 0.6 is 11.6 Å². The molecule has 0 unspecified atom stereocenters. The molecular weight excluding hydrogens is 400 g/mol. The minimum Gasteiger partial charge on any atom is -0.494 e. The molecule has 0 radical (unpaired) electrons. The fraction of sp³-hybridized carbons (Fsp3) is 0.0833. The number of hydrogen-bond donors (Lipinski definition) is 1. The molecule has 0 saturated heterocycles. The third-order valence-electron chi connectivity index (χ3n) is 4.69. The van der Waals surface area contributed by atoms with Crippen molar-refractivity contribution in [2.45, 2.75) is 6.92 Å². The van der Waals surface area contributed by atoms with Gasteiger partial charge in [0.25, 0.3) is 5.56 Å². The van der Waals surface area contributed by atoms with Crippen molar-refractivity contribution in [3.63, 3.8) is 0 Å². The van der Waals surface area contributed by atoms with E-state index in [0.29, 0.717) is 45.1 Å². The zero-order chi connectivity index (χ0) is 21.1. The fourth-order valence-corrected chi connectivity index (χ4v) is 3.54. The second kappa shape index (κ2) is 8.43. The lowest BCUT2D eigenvalue weighted by Crippen LogP contribution is -2.20. The third kappa shape index (κ3) is 3.55. The second-order valence-electron chi connectivity index (χ2n) is 6.53. The highest BCUT2D eigenvalue weighted by molar-refractivity contribution is 6.32. The van der Waals surface area contributed by atoms with Crippen molar-refractivity contribution in [1.29, 1.82) is 0 Å². The van der Waals surface area contributed by atoms with Gasteiger partial charge in [0.15, 0.2) is 0 Å². The van der Waals surface area contributed by atoms with Gasteiger partial charge in [-0.25, -0.2) is 4.57 Å². The lowest BCUT2D eigenvalue weighted by molar-refractivity contribution is 0.341. The number of ether oxygens (including phenoxy) is 1. The minimum atomic E-state index is -0.358. The van der Waals surface area contributed by atoms with Crippen molar-refractivity contribution in [3.8, 4) is 17.3 Å². The van der Waals surface area contributed by atoms with E-state index < -0.39 is 0 Å². The summed E-state index contributed by atoms with van der Waals surface area (Å²) in [6.07, 6.45) is 1.54. The number of aromatic nitrogens is 1. The van der Waals surface area contributed by atoms with Gasteiger partial charge >= 0.3 is 0 Å². The van der Waals surface area contributed by atoms with Crippen molar-refractivity contribution in [3.05, 3.63) is 93.7 Å². The summed E-state index contributed by atoms with van der Waals surface area (Å²) < 4.78 is 6.83. The predicted molar refractivity (Wildman–Crippen MR) is 121 cm³/mol. The van der Waals surface area contributed by atoms with Gasteiger partial charge in [-0.15, -0.1) is 0 Å². The molecule has 4 aromatic rings. The number of aromatic hydroxyl groups is 1. The number of para-hydroxylation sites is 3. The number of pyridine rings is 1. The zero-order valence-electron chi connectivity index (χ0n) is 16.2. The fourth-order valence-electron chi connectivity index (χ4n) is 3.32. The molecule has 0 amide bonds. The maximum Gasteiger partial charge on any atom is 0.265 e. The monoisotopic (exact) mass is 418 g/mol. The van der Waals surface area contributed by atoms with Crippen LogP contribution in [0.25, 0.3) is 16.5 Å². The van der Waals surface area contributed by atoms with Gasteiger partial charge in [0.2, 0.25) is 5.88 Å². The van der Waals surface area contributed by atoms with E-state index in [9.17, 15) is 9.90 Å². The standard InChI is InChI=1S/C24H19ClN2O3/c1-2-30-22-14-8-6-12-20(22)26-15-18-16-9-3-4-10-17(16)23(28)27(24(18)29)21-13-7-5-11-19(21)25/h3-15,29H,2H2,1H3. The molecule has 1 aromatic heterocycles. The number of halogens is 1. The van der Waals surface area contributed by atoms with E-state index in [1.54, 1.807) is 48.7 Å². The van der Waals surface area contributed by atoms with E-state index in [-0.39, 0.29) is 11.4 Å². The van der Waals surface area contributed by atoms with Gasteiger partial charge in [-0.3, -0.25) is 9.79 Å². The summed E-state index contributed by atoms with van der Waals surface area (Å²) >= 11 is 6.31. The maximum atomic E-state index is 13.1. The summed E-state index contributed by atoms with van der Waals surface area (Å²) in [4.78, 5) is 17.7. The lowest BCUT2D eigenvalue weighted by Gasteiger charge is -2.14. The molecule has 1 N–H and O–H groups in total. The number of aliphatic imine (C=N–C) groups is 1. The number of nitrogens with zero attached hydrogens (tertiary/aromatic N) is 2. The Morgan fingerprint density at radius 2 is 1.67 bits per heavy atom. The summed E-state index contributed by atoms with van der Waals surface area (Å²) in [6.45, 7) is 2.41. The molecule has 0 saturated carbocycles. The molecule has 0 spiro atoms. The number of fused-ring (bicyclic) bond motifs is 1. The SMILES string of the molecule is CCOc1ccccc1N=Cc1c(O)n(-c2ccccc2Cl)c(=O)c2ccccc12. The van der Waals surface area contributed by atoms with Crippen LogP contribution in [-0.4, -0.2) is 22.5 Å². The maximum absolute atomic E-state index is 13.1. The average Bonchev–Trinajstić information content (AvgIpc) is 2.76. The van der Waals surface area contributed by atoms with Gasteiger partial charge in [-0.2, -0.15) is 0 Å². The van der Waals surface area contributed by atoms with Crippen LogP contribution < -0.4 is 10.3 Å². The van der Waals surface area contributed by atoms with E-state index in [2.05, 4.69) is 4.99 Å². The van der Waals surface area contributed by atoms with Crippen LogP contribution in [0.1, 0.15) is 12.5 Å². The molecule has 5 nitrogen and oxygen atoms in total. The van der Waals surface area contributed by atoms with E-state index >= 15 is 0 Å². The number of benzene rings is 3. The van der Waals surface area contributed by atoms with Gasteiger partial charge in [0.1, 0.15) is 11.4 Å². The van der Waals surface area contributed by atoms with E-state index in [1.165, 1.54) is 4.57 Å². The topological polar surface area (TPSA) is 63.8 Å². The molecule has 30 heavy (non-hydrogen) atoms. The van der Waals surface area contributed by atoms with Crippen molar-refractivity contribution in [2.75, 3.05) is 6.61 Å². The van der Waals surface area contributed by atoms with Crippen molar-refractivity contribution >= 4 is 34.3 Å². The minimum absolute atomic E-state index is 0.232. The Bertz CT molecular complexity index is 1310. The van der Waals surface area contributed by atoms with E-state index in [0.717, 1.165) is 0 Å². The number of hydrogen-bond acceptors (Lipinski definition) is 4. The van der Waals surface area contributed by atoms with Crippen molar-refractivity contribution in [2.24, 2.45) is 4.99 Å². The summed E-state index contributed by atoms with van der Waals surface area (Å²) in [6, 6.07) is 21.4. The first kappa shape index (κ1) is 19.7. The van der Waals surface area contributed by atoms with Crippen LogP contribution in [-0.2, 0) is 0 Å². The van der Waals surface area contributed by atoms with Crippen LogP contribution in [0.2, 0.25) is 5.02 Å². The Labute approximate surface area is 178 Å². The summed E-state index contributed by atoms with van der Waals surface area (Å²) in [5.41, 5.74) is 1.08. The molecule has 6 heteroatoms. The van der Waals surface area contributed by atoms with Gasteiger partial charge in [-0.05, 0) is 37.3 Å². The quantitative estimate of drug-likeness (QED) is 0.435. The first-order chi connectivity index (χ1) is 14.6. The van der Waals surface area contributed by atoms with Gasteiger partial charge < -0.3 is 9.84 Å². The molecule has 0 aliphatic rings. The smallest absolute Gasteiger partial charge is 0.265 e. The van der Waals surface area contributed by atoms with E-state index in [1.807, 2.05) is 37.3 Å². The Hall–Kier alpha value is -3.57. The van der Waals surface area contributed by atoms with Crippen LogP contribution in [0.3, 0.4) is 0 Å². The molecule has 0 aliphatic carbocycles. The van der Waals surface area contributed by atoms with Crippen LogP contribution in [0.4, 0.5) is 5.69 Å². The third-order valence-corrected chi connectivity index (χ3v) is 5.01. The van der Waals surface area contributed by atoms with E-state index in [4.69, 9.17) is 16.3 Å². The molecule has 150 valence electrons. The van der Waals surface area contributed by atoms with Crippen molar-refractivity contribution in [1.82, 2.24) is 4.57 Å². The Morgan fingerprint density at radius 1 is 1.00 bits per heavy atom. The molecule has 3 aromatic carbocycles. The Kier molecular flexibility index (Phi) is 5.55. The predicted octanol–water partition coefficient (Wildman–Crippen LogP) is 5.50. The number of rotatable bonds is 5. The summed E-state index contributed by atoms with van der Waals surface area (Å²) in [5, 5.41) is 12.5. The summed E-state index contributed by atoms with van der Waals surface area (Å²) in [5.74, 6) is 0.406. The highest BCUT2D eigenvalue weighted by atomic mass is 35.5. The average molecular weight is 419 g/mol. The highest BCUT2D eigenvalue weighted by Gasteiger charge is 2.17. The van der Waals surface area contributed by atoms with Crippen molar-refractivity contribution < 1.29 is 9.84 Å². The second-order valence-corrected chi connectivity index (χ2v) is 6.94. The highest BCUT2D eigenvalue weighted by Crippen LogP contribution is 2.31. The zero-order valence-corrected chi connectivity index (χ0v) is 17.0. The molecular formula is C24H19ClN2O3. The first-order valence-electron chi connectivity index (χ1n) is 9.49. The Morgan fingerprint density at radius 3 is 2.43 bits per heavy atom. The molecule has 4 rings (SSSR count). The molecule has 0 bridgehead atoms. The first-order valence-corrected chi connectivity index (χ1v) is 9.87.